The highest BCUT2D eigenvalue weighted by molar-refractivity contribution is 5.93. The summed E-state index contributed by atoms with van der Waals surface area (Å²) in [6.45, 7) is 5.17. The Morgan fingerprint density at radius 3 is 2.92 bits per heavy atom. The number of nitrogens with one attached hydrogen (secondary N) is 2. The number of hydrogen-bond acceptors (Lipinski definition) is 5. The van der Waals surface area contributed by atoms with Gasteiger partial charge in [0.2, 0.25) is 0 Å². The number of nitrogens with zero attached hydrogens (tertiary/aromatic N) is 2. The molecule has 0 saturated heterocycles. The van der Waals surface area contributed by atoms with E-state index >= 15 is 0 Å². The first kappa shape index (κ1) is 16.4. The van der Waals surface area contributed by atoms with E-state index in [0.29, 0.717) is 13.2 Å². The zero-order valence-electron chi connectivity index (χ0n) is 13.9. The third-order valence-electron chi connectivity index (χ3n) is 3.66. The quantitative estimate of drug-likeness (QED) is 0.622. The summed E-state index contributed by atoms with van der Waals surface area (Å²) >= 11 is 0. The number of aliphatic hydroxyl groups excluding tert-OH is 1. The number of benzene rings is 1. The van der Waals surface area contributed by atoms with Gasteiger partial charge in [-0.25, -0.2) is 4.98 Å². The molecule has 6 heteroatoms. The van der Waals surface area contributed by atoms with E-state index in [1.54, 1.807) is 6.20 Å². The van der Waals surface area contributed by atoms with Crippen LogP contribution in [0, 0.1) is 0 Å². The molecule has 24 heavy (non-hydrogen) atoms. The highest BCUT2D eigenvalue weighted by Crippen LogP contribution is 2.28. The Balaban J connectivity index is 1.92. The van der Waals surface area contributed by atoms with Crippen molar-refractivity contribution >= 4 is 16.7 Å². The number of anilines is 1. The number of fused-ring (bicyclic) bond motifs is 1. The van der Waals surface area contributed by atoms with Gasteiger partial charge in [0, 0.05) is 23.7 Å². The first-order valence-electron chi connectivity index (χ1n) is 8.07. The lowest BCUT2D eigenvalue weighted by Gasteiger charge is -2.08. The first-order valence-corrected chi connectivity index (χ1v) is 8.07. The molecule has 0 atom stereocenters. The Morgan fingerprint density at radius 1 is 1.25 bits per heavy atom. The minimum atomic E-state index is 0.0659. The van der Waals surface area contributed by atoms with Crippen molar-refractivity contribution in [3.8, 4) is 11.3 Å². The lowest BCUT2D eigenvalue weighted by atomic mass is 10.1. The standard InChI is InChI=1S/C18H22N4O2/c1-12(2)24-11-13-3-4-16-15(9-13)18(22-21-16)14-5-6-19-17(10-14)20-7-8-23/h3-6,9-10,12,23H,7-8,11H2,1-2H3,(H,19,20)(H,21,22). The van der Waals surface area contributed by atoms with E-state index in [2.05, 4.69) is 26.6 Å². The summed E-state index contributed by atoms with van der Waals surface area (Å²) in [6, 6.07) is 10.0. The van der Waals surface area contributed by atoms with Crippen LogP contribution >= 0.6 is 0 Å². The van der Waals surface area contributed by atoms with Crippen LogP contribution in [0.1, 0.15) is 19.4 Å². The average Bonchev–Trinajstić information content (AvgIpc) is 3.01. The van der Waals surface area contributed by atoms with Crippen LogP contribution in [0.2, 0.25) is 0 Å². The number of aromatic nitrogens is 3. The van der Waals surface area contributed by atoms with Crippen molar-refractivity contribution < 1.29 is 9.84 Å². The third-order valence-corrected chi connectivity index (χ3v) is 3.66. The fourth-order valence-electron chi connectivity index (χ4n) is 2.49. The topological polar surface area (TPSA) is 83.1 Å². The van der Waals surface area contributed by atoms with Crippen LogP contribution in [0.4, 0.5) is 5.82 Å². The number of pyridine rings is 1. The summed E-state index contributed by atoms with van der Waals surface area (Å²) < 4.78 is 5.69. The number of aliphatic hydroxyl groups is 1. The number of hydrogen-bond donors (Lipinski definition) is 3. The van der Waals surface area contributed by atoms with Gasteiger partial charge in [-0.15, -0.1) is 0 Å². The molecule has 0 aliphatic carbocycles. The molecule has 3 aromatic rings. The minimum Gasteiger partial charge on any atom is -0.395 e. The Bertz CT molecular complexity index is 814. The summed E-state index contributed by atoms with van der Waals surface area (Å²) in [5, 5.41) is 20.6. The van der Waals surface area contributed by atoms with Gasteiger partial charge in [-0.3, -0.25) is 5.10 Å². The van der Waals surface area contributed by atoms with E-state index in [4.69, 9.17) is 9.84 Å². The van der Waals surface area contributed by atoms with Crippen molar-refractivity contribution in [2.24, 2.45) is 0 Å². The largest absolute Gasteiger partial charge is 0.395 e. The summed E-state index contributed by atoms with van der Waals surface area (Å²) in [7, 11) is 0. The molecule has 0 saturated carbocycles. The lowest BCUT2D eigenvalue weighted by molar-refractivity contribution is 0.0658. The molecular formula is C18H22N4O2. The van der Waals surface area contributed by atoms with Crippen molar-refractivity contribution in [2.45, 2.75) is 26.6 Å². The molecule has 0 aliphatic rings. The van der Waals surface area contributed by atoms with Gasteiger partial charge in [0.25, 0.3) is 0 Å². The second-order valence-electron chi connectivity index (χ2n) is 5.89. The van der Waals surface area contributed by atoms with Gasteiger partial charge in [0.15, 0.2) is 0 Å². The molecule has 126 valence electrons. The van der Waals surface area contributed by atoms with Gasteiger partial charge in [-0.05, 0) is 43.7 Å². The molecule has 3 rings (SSSR count). The van der Waals surface area contributed by atoms with Crippen LogP contribution in [0.25, 0.3) is 22.2 Å². The molecule has 1 aromatic carbocycles. The Hall–Kier alpha value is -2.44. The van der Waals surface area contributed by atoms with Crippen molar-refractivity contribution in [1.82, 2.24) is 15.2 Å². The molecule has 2 heterocycles. The molecule has 0 spiro atoms. The molecule has 0 aliphatic heterocycles. The van der Waals surface area contributed by atoms with Crippen molar-refractivity contribution in [3.05, 3.63) is 42.1 Å². The number of rotatable bonds is 7. The van der Waals surface area contributed by atoms with E-state index in [0.717, 1.165) is 33.5 Å². The zero-order valence-corrected chi connectivity index (χ0v) is 13.9. The Morgan fingerprint density at radius 2 is 2.12 bits per heavy atom. The second-order valence-corrected chi connectivity index (χ2v) is 5.89. The van der Waals surface area contributed by atoms with Gasteiger partial charge >= 0.3 is 0 Å². The van der Waals surface area contributed by atoms with E-state index in [1.807, 2.05) is 38.1 Å². The molecule has 0 radical (unpaired) electrons. The molecular weight excluding hydrogens is 304 g/mol. The summed E-state index contributed by atoms with van der Waals surface area (Å²) in [6.07, 6.45) is 1.94. The van der Waals surface area contributed by atoms with E-state index in [9.17, 15) is 0 Å². The molecule has 3 N–H and O–H groups in total. The van der Waals surface area contributed by atoms with Crippen LogP contribution < -0.4 is 5.32 Å². The molecule has 0 amide bonds. The van der Waals surface area contributed by atoms with Crippen LogP contribution in [-0.2, 0) is 11.3 Å². The predicted molar refractivity (Wildman–Crippen MR) is 94.8 cm³/mol. The van der Waals surface area contributed by atoms with E-state index < -0.39 is 0 Å². The molecule has 2 aromatic heterocycles. The van der Waals surface area contributed by atoms with Gasteiger partial charge < -0.3 is 15.2 Å². The molecule has 0 fully saturated rings. The second kappa shape index (κ2) is 7.42. The fraction of sp³-hybridized carbons (Fsp3) is 0.333. The zero-order chi connectivity index (χ0) is 16.9. The smallest absolute Gasteiger partial charge is 0.126 e. The summed E-state index contributed by atoms with van der Waals surface area (Å²) in [5.74, 6) is 0.719. The number of ether oxygens (including phenoxy) is 1. The average molecular weight is 326 g/mol. The first-order chi connectivity index (χ1) is 11.7. The monoisotopic (exact) mass is 326 g/mol. The third kappa shape index (κ3) is 3.72. The molecule has 6 nitrogen and oxygen atoms in total. The molecule has 0 bridgehead atoms. The highest BCUT2D eigenvalue weighted by atomic mass is 16.5. The van der Waals surface area contributed by atoms with E-state index in [-0.39, 0.29) is 12.7 Å². The van der Waals surface area contributed by atoms with Gasteiger partial charge in [0.05, 0.1) is 24.8 Å². The molecule has 0 unspecified atom stereocenters. The van der Waals surface area contributed by atoms with E-state index in [1.165, 1.54) is 0 Å². The van der Waals surface area contributed by atoms with Crippen LogP contribution in [-0.4, -0.2) is 39.5 Å². The minimum absolute atomic E-state index is 0.0659. The maximum Gasteiger partial charge on any atom is 0.126 e. The van der Waals surface area contributed by atoms with Crippen molar-refractivity contribution in [3.63, 3.8) is 0 Å². The lowest BCUT2D eigenvalue weighted by Crippen LogP contribution is -2.06. The Kier molecular flexibility index (Phi) is 5.08. The number of H-pyrrole nitrogens is 1. The number of aromatic amines is 1. The van der Waals surface area contributed by atoms with Gasteiger partial charge in [-0.1, -0.05) is 6.07 Å². The Labute approximate surface area is 140 Å². The van der Waals surface area contributed by atoms with Gasteiger partial charge in [-0.2, -0.15) is 5.10 Å². The normalized spacial score (nSPS) is 11.3. The maximum atomic E-state index is 8.92. The highest BCUT2D eigenvalue weighted by Gasteiger charge is 2.10. The maximum absolute atomic E-state index is 8.92. The van der Waals surface area contributed by atoms with Crippen LogP contribution in [0.3, 0.4) is 0 Å². The summed E-state index contributed by atoms with van der Waals surface area (Å²) in [5.41, 5.74) is 3.95. The fourth-order valence-corrected chi connectivity index (χ4v) is 2.49. The van der Waals surface area contributed by atoms with Crippen molar-refractivity contribution in [1.29, 1.82) is 0 Å². The predicted octanol–water partition coefficient (Wildman–Crippen LogP) is 2.95. The van der Waals surface area contributed by atoms with Crippen LogP contribution in [0.15, 0.2) is 36.5 Å². The van der Waals surface area contributed by atoms with Crippen LogP contribution in [0.5, 0.6) is 0 Å². The van der Waals surface area contributed by atoms with Gasteiger partial charge in [0.1, 0.15) is 11.5 Å². The summed E-state index contributed by atoms with van der Waals surface area (Å²) in [4.78, 5) is 4.25. The van der Waals surface area contributed by atoms with Crippen molar-refractivity contribution in [2.75, 3.05) is 18.5 Å². The SMILES string of the molecule is CC(C)OCc1ccc2[nH]nc(-c3ccnc(NCCO)c3)c2c1.